The van der Waals surface area contributed by atoms with Crippen LogP contribution in [0.4, 0.5) is 0 Å². The number of hydrogen-bond donors (Lipinski definition) is 2. The lowest BCUT2D eigenvalue weighted by Gasteiger charge is -2.29. The van der Waals surface area contributed by atoms with Crippen molar-refractivity contribution in [1.29, 1.82) is 0 Å². The lowest BCUT2D eigenvalue weighted by molar-refractivity contribution is -0.161. The van der Waals surface area contributed by atoms with E-state index in [1.54, 1.807) is 40.6 Å². The van der Waals surface area contributed by atoms with E-state index in [-0.39, 0.29) is 18.4 Å². The van der Waals surface area contributed by atoms with E-state index in [4.69, 9.17) is 34.2 Å². The van der Waals surface area contributed by atoms with Crippen LogP contribution in [0, 0.1) is 0 Å². The Morgan fingerprint density at radius 1 is 0.714 bits per heavy atom. The lowest BCUT2D eigenvalue weighted by atomic mass is 9.97. The van der Waals surface area contributed by atoms with E-state index in [0.717, 1.165) is 17.5 Å². The maximum atomic E-state index is 13.2. The fourth-order valence-corrected chi connectivity index (χ4v) is 4.44. The number of nitrogens with one attached hydrogen (secondary N) is 1. The minimum absolute atomic E-state index is 0.264. The predicted molar refractivity (Wildman–Crippen MR) is 161 cm³/mol. The quantitative estimate of drug-likeness (QED) is 0.184. The van der Waals surface area contributed by atoms with Crippen LogP contribution in [0.15, 0.2) is 36.4 Å². The van der Waals surface area contributed by atoms with Crippen molar-refractivity contribution in [3.8, 4) is 23.0 Å². The molecule has 0 aromatic heterocycles. The molecule has 2 aromatic carbocycles. The number of rotatable bonds is 18. The van der Waals surface area contributed by atoms with E-state index < -0.39 is 17.2 Å². The van der Waals surface area contributed by atoms with E-state index in [1.807, 2.05) is 52.0 Å². The zero-order valence-corrected chi connectivity index (χ0v) is 26.3. The highest BCUT2D eigenvalue weighted by Gasteiger charge is 2.31. The van der Waals surface area contributed by atoms with Crippen LogP contribution in [-0.2, 0) is 30.3 Å². The van der Waals surface area contributed by atoms with Crippen molar-refractivity contribution < 1.29 is 38.0 Å². The SMILES string of the molecule is COc1cc(OC)cc(C(C)(C)OC(=O)CCCCCC(NCCN)C(=O)OC(C)(C)c2cc(OC)cc(OC)c2)c1. The van der Waals surface area contributed by atoms with E-state index >= 15 is 0 Å². The van der Waals surface area contributed by atoms with Gasteiger partial charge in [-0.3, -0.25) is 9.59 Å². The maximum Gasteiger partial charge on any atom is 0.324 e. The first kappa shape index (κ1) is 34.7. The third-order valence-electron chi connectivity index (χ3n) is 7.01. The molecule has 2 rings (SSSR count). The van der Waals surface area contributed by atoms with Crippen molar-refractivity contribution in [3.63, 3.8) is 0 Å². The molecule has 2 aromatic rings. The van der Waals surface area contributed by atoms with Crippen molar-refractivity contribution >= 4 is 11.9 Å². The van der Waals surface area contributed by atoms with Crippen molar-refractivity contribution in [1.82, 2.24) is 5.32 Å². The Morgan fingerprint density at radius 3 is 1.60 bits per heavy atom. The third-order valence-corrected chi connectivity index (χ3v) is 7.01. The van der Waals surface area contributed by atoms with Gasteiger partial charge in [0.05, 0.1) is 28.4 Å². The van der Waals surface area contributed by atoms with Gasteiger partial charge in [-0.2, -0.15) is 0 Å². The van der Waals surface area contributed by atoms with Gasteiger partial charge in [0.15, 0.2) is 0 Å². The highest BCUT2D eigenvalue weighted by molar-refractivity contribution is 5.76. The van der Waals surface area contributed by atoms with Crippen LogP contribution in [0.25, 0.3) is 0 Å². The van der Waals surface area contributed by atoms with Crippen LogP contribution in [0.3, 0.4) is 0 Å². The number of hydrogen-bond acceptors (Lipinski definition) is 10. The summed E-state index contributed by atoms with van der Waals surface area (Å²) in [4.78, 5) is 25.9. The van der Waals surface area contributed by atoms with Gasteiger partial charge in [0, 0.05) is 42.8 Å². The summed E-state index contributed by atoms with van der Waals surface area (Å²) in [5.41, 5.74) is 5.42. The highest BCUT2D eigenvalue weighted by Crippen LogP contribution is 2.34. The van der Waals surface area contributed by atoms with E-state index in [2.05, 4.69) is 5.32 Å². The molecule has 0 saturated carbocycles. The fourth-order valence-electron chi connectivity index (χ4n) is 4.44. The number of esters is 2. The standard InChI is InChI=1S/C32H48N2O8/c1-31(2,22-16-24(37-5)20-25(17-22)38-6)41-29(35)13-11-9-10-12-28(34-15-14-33)30(36)42-32(3,4)23-18-26(39-7)21-27(19-23)40-8/h16-21,28,34H,9-15,33H2,1-8H3. The second-order valence-corrected chi connectivity index (χ2v) is 11.0. The third kappa shape index (κ3) is 10.4. The normalized spacial score (nSPS) is 12.3. The molecule has 42 heavy (non-hydrogen) atoms. The molecule has 1 atom stereocenters. The second-order valence-electron chi connectivity index (χ2n) is 11.0. The van der Waals surface area contributed by atoms with E-state index in [9.17, 15) is 9.59 Å². The van der Waals surface area contributed by atoms with Gasteiger partial charge in [-0.1, -0.05) is 12.8 Å². The minimum atomic E-state index is -0.926. The summed E-state index contributed by atoms with van der Waals surface area (Å²) in [5.74, 6) is 1.79. The molecule has 0 bridgehead atoms. The summed E-state index contributed by atoms with van der Waals surface area (Å²) in [6, 6.07) is 10.3. The van der Waals surface area contributed by atoms with Crippen molar-refractivity contribution in [3.05, 3.63) is 47.5 Å². The average molecular weight is 589 g/mol. The van der Waals surface area contributed by atoms with Gasteiger partial charge < -0.3 is 39.5 Å². The topological polar surface area (TPSA) is 128 Å². The second kappa shape index (κ2) is 16.2. The molecule has 10 nitrogen and oxygen atoms in total. The van der Waals surface area contributed by atoms with Crippen LogP contribution >= 0.6 is 0 Å². The Morgan fingerprint density at radius 2 is 1.17 bits per heavy atom. The highest BCUT2D eigenvalue weighted by atomic mass is 16.6. The first-order valence-corrected chi connectivity index (χ1v) is 14.2. The number of nitrogens with two attached hydrogens (primary N) is 1. The summed E-state index contributed by atoms with van der Waals surface area (Å²) < 4.78 is 33.2. The van der Waals surface area contributed by atoms with Gasteiger partial charge >= 0.3 is 11.9 Å². The van der Waals surface area contributed by atoms with Gasteiger partial charge in [-0.15, -0.1) is 0 Å². The monoisotopic (exact) mass is 588 g/mol. The van der Waals surface area contributed by atoms with E-state index in [0.29, 0.717) is 55.4 Å². The predicted octanol–water partition coefficient (Wildman–Crippen LogP) is 4.85. The van der Waals surface area contributed by atoms with Crippen LogP contribution in [0.1, 0.15) is 70.9 Å². The Hall–Kier alpha value is -3.50. The first-order chi connectivity index (χ1) is 19.9. The van der Waals surface area contributed by atoms with Gasteiger partial charge in [0.1, 0.15) is 40.2 Å². The van der Waals surface area contributed by atoms with Gasteiger partial charge in [-0.25, -0.2) is 0 Å². The molecule has 0 amide bonds. The molecule has 0 aliphatic carbocycles. The van der Waals surface area contributed by atoms with Gasteiger partial charge in [-0.05, 0) is 64.8 Å². The number of carbonyl (C=O) groups is 2. The zero-order valence-electron chi connectivity index (χ0n) is 26.3. The van der Waals surface area contributed by atoms with Crippen LogP contribution in [-0.4, -0.2) is 59.5 Å². The molecule has 234 valence electrons. The molecule has 0 aliphatic rings. The summed E-state index contributed by atoms with van der Waals surface area (Å²) in [6.45, 7) is 8.19. The molecule has 1 unspecified atom stereocenters. The van der Waals surface area contributed by atoms with Crippen LogP contribution < -0.4 is 30.0 Å². The number of methoxy groups -OCH3 is 4. The molecule has 0 fully saturated rings. The fraction of sp³-hybridized carbons (Fsp3) is 0.562. The van der Waals surface area contributed by atoms with Gasteiger partial charge in [0.2, 0.25) is 0 Å². The molecular formula is C32H48N2O8. The molecule has 3 N–H and O–H groups in total. The molecule has 0 saturated heterocycles. The maximum absolute atomic E-state index is 13.2. The smallest absolute Gasteiger partial charge is 0.324 e. The Kier molecular flexibility index (Phi) is 13.4. The molecule has 0 aliphatic heterocycles. The molecule has 0 spiro atoms. The number of unbranched alkanes of at least 4 members (excludes halogenated alkanes) is 2. The molecular weight excluding hydrogens is 540 g/mol. The number of ether oxygens (including phenoxy) is 6. The summed E-state index contributed by atoms with van der Waals surface area (Å²) >= 11 is 0. The molecule has 0 radical (unpaired) electrons. The van der Waals surface area contributed by atoms with Crippen molar-refractivity contribution in [2.24, 2.45) is 5.73 Å². The summed E-state index contributed by atoms with van der Waals surface area (Å²) in [7, 11) is 6.30. The van der Waals surface area contributed by atoms with Crippen LogP contribution in [0.2, 0.25) is 0 Å². The Balaban J connectivity index is 1.92. The summed E-state index contributed by atoms with van der Waals surface area (Å²) in [6.07, 6.45) is 2.90. The Bertz CT molecular complexity index is 1120. The van der Waals surface area contributed by atoms with Gasteiger partial charge in [0.25, 0.3) is 0 Å². The van der Waals surface area contributed by atoms with Crippen molar-refractivity contribution in [2.75, 3.05) is 41.5 Å². The lowest BCUT2D eigenvalue weighted by Crippen LogP contribution is -2.43. The summed E-state index contributed by atoms with van der Waals surface area (Å²) in [5, 5.41) is 3.19. The minimum Gasteiger partial charge on any atom is -0.497 e. The Labute approximate surface area is 250 Å². The van der Waals surface area contributed by atoms with Crippen LogP contribution in [0.5, 0.6) is 23.0 Å². The number of benzene rings is 2. The zero-order chi connectivity index (χ0) is 31.3. The first-order valence-electron chi connectivity index (χ1n) is 14.2. The number of carbonyl (C=O) groups excluding carboxylic acids is 2. The molecule has 10 heteroatoms. The largest absolute Gasteiger partial charge is 0.497 e. The molecule has 0 heterocycles. The average Bonchev–Trinajstić information content (AvgIpc) is 2.97. The van der Waals surface area contributed by atoms with E-state index in [1.165, 1.54) is 0 Å². The van der Waals surface area contributed by atoms with Crippen molar-refractivity contribution in [2.45, 2.75) is 77.0 Å².